The van der Waals surface area contributed by atoms with Crippen molar-refractivity contribution in [3.63, 3.8) is 0 Å². The number of hydrogen-bond donors (Lipinski definition) is 3. The van der Waals surface area contributed by atoms with Crippen molar-refractivity contribution in [3.05, 3.63) is 63.6 Å². The van der Waals surface area contributed by atoms with Crippen LogP contribution in [-0.4, -0.2) is 30.4 Å². The predicted octanol–water partition coefficient (Wildman–Crippen LogP) is 4.18. The second-order valence-electron chi connectivity index (χ2n) is 7.52. The molecule has 2 unspecified atom stereocenters. The molecule has 2 aliphatic rings. The molecular formula is C22H27BrN2O2. The summed E-state index contributed by atoms with van der Waals surface area (Å²) in [5, 5.41) is 16.3. The maximum absolute atomic E-state index is 8.78. The summed E-state index contributed by atoms with van der Waals surface area (Å²) in [7, 11) is 0. The van der Waals surface area contributed by atoms with Crippen LogP contribution in [0.15, 0.2) is 46.9 Å². The van der Waals surface area contributed by atoms with Crippen LogP contribution in [0.2, 0.25) is 0 Å². The Morgan fingerprint density at radius 1 is 1.11 bits per heavy atom. The largest absolute Gasteiger partial charge is 0.394 e. The van der Waals surface area contributed by atoms with Crippen molar-refractivity contribution in [3.8, 4) is 0 Å². The van der Waals surface area contributed by atoms with Crippen LogP contribution in [0, 0.1) is 0 Å². The van der Waals surface area contributed by atoms with E-state index < -0.39 is 0 Å². The highest BCUT2D eigenvalue weighted by molar-refractivity contribution is 9.10. The molecule has 27 heavy (non-hydrogen) atoms. The lowest BCUT2D eigenvalue weighted by Crippen LogP contribution is -2.47. The van der Waals surface area contributed by atoms with E-state index in [0.29, 0.717) is 31.2 Å². The minimum Gasteiger partial charge on any atom is -0.394 e. The fraction of sp³-hybridized carbons (Fsp3) is 0.455. The van der Waals surface area contributed by atoms with Gasteiger partial charge >= 0.3 is 0 Å². The summed E-state index contributed by atoms with van der Waals surface area (Å²) in [5.74, 6) is 0.606. The standard InChI is InChI=1S/C22H27BrN2O2/c23-17-8-9-20-19(12-17)18-2-1-3-21(22(18)25-20)24-13-15-4-6-16(7-5-15)14-27-11-10-26/h4-9,12,18,21-22,24-26H,1-3,10-11,13-14H2/t18?,21-,22?/m1/s1. The molecule has 2 aromatic carbocycles. The third kappa shape index (κ3) is 4.37. The predicted molar refractivity (Wildman–Crippen MR) is 112 cm³/mol. The molecule has 0 spiro atoms. The Kier molecular flexibility index (Phi) is 6.13. The molecule has 0 bridgehead atoms. The molecule has 3 N–H and O–H groups in total. The maximum Gasteiger partial charge on any atom is 0.0718 e. The van der Waals surface area contributed by atoms with Gasteiger partial charge in [-0.3, -0.25) is 0 Å². The monoisotopic (exact) mass is 430 g/mol. The molecule has 1 fully saturated rings. The zero-order valence-electron chi connectivity index (χ0n) is 15.5. The molecule has 4 nitrogen and oxygen atoms in total. The van der Waals surface area contributed by atoms with E-state index >= 15 is 0 Å². The van der Waals surface area contributed by atoms with E-state index in [9.17, 15) is 0 Å². The van der Waals surface area contributed by atoms with E-state index in [4.69, 9.17) is 9.84 Å². The van der Waals surface area contributed by atoms with Crippen molar-refractivity contribution in [2.45, 2.75) is 50.4 Å². The van der Waals surface area contributed by atoms with E-state index in [1.165, 1.54) is 40.5 Å². The van der Waals surface area contributed by atoms with Gasteiger partial charge in [0.2, 0.25) is 0 Å². The number of rotatable bonds is 7. The fourth-order valence-electron chi connectivity index (χ4n) is 4.38. The average Bonchev–Trinajstić information content (AvgIpc) is 3.06. The molecule has 4 rings (SSSR count). The second kappa shape index (κ2) is 8.74. The summed E-state index contributed by atoms with van der Waals surface area (Å²) >= 11 is 3.62. The van der Waals surface area contributed by atoms with Crippen molar-refractivity contribution in [2.75, 3.05) is 18.5 Å². The summed E-state index contributed by atoms with van der Waals surface area (Å²) in [6, 6.07) is 16.1. The van der Waals surface area contributed by atoms with Gasteiger partial charge in [0.15, 0.2) is 0 Å². The second-order valence-corrected chi connectivity index (χ2v) is 8.43. The molecule has 144 valence electrons. The Bertz CT molecular complexity index is 765. The molecule has 5 heteroatoms. The summed E-state index contributed by atoms with van der Waals surface area (Å²) < 4.78 is 6.54. The summed E-state index contributed by atoms with van der Waals surface area (Å²) in [6.45, 7) is 1.89. The van der Waals surface area contributed by atoms with Gasteiger partial charge in [0.05, 0.1) is 19.8 Å². The Balaban J connectivity index is 1.35. The lowest BCUT2D eigenvalue weighted by molar-refractivity contribution is 0.0815. The van der Waals surface area contributed by atoms with Crippen molar-refractivity contribution in [2.24, 2.45) is 0 Å². The lowest BCUT2D eigenvalue weighted by Gasteiger charge is -2.35. The van der Waals surface area contributed by atoms with Gasteiger partial charge in [-0.2, -0.15) is 0 Å². The zero-order valence-corrected chi connectivity index (χ0v) is 17.0. The van der Waals surface area contributed by atoms with E-state index in [1.54, 1.807) is 0 Å². The molecule has 2 aromatic rings. The van der Waals surface area contributed by atoms with Crippen molar-refractivity contribution in [1.29, 1.82) is 0 Å². The van der Waals surface area contributed by atoms with Gasteiger partial charge in [0, 0.05) is 34.7 Å². The highest BCUT2D eigenvalue weighted by atomic mass is 79.9. The quantitative estimate of drug-likeness (QED) is 0.576. The van der Waals surface area contributed by atoms with Crippen molar-refractivity contribution >= 4 is 21.6 Å². The van der Waals surface area contributed by atoms with E-state index in [1.807, 2.05) is 0 Å². The number of halogens is 1. The maximum atomic E-state index is 8.78. The number of aliphatic hydroxyl groups excluding tert-OH is 1. The first-order valence-electron chi connectivity index (χ1n) is 9.80. The van der Waals surface area contributed by atoms with Crippen LogP contribution in [0.25, 0.3) is 0 Å². The number of hydrogen-bond acceptors (Lipinski definition) is 4. The Hall–Kier alpha value is -1.40. The Morgan fingerprint density at radius 3 is 2.74 bits per heavy atom. The van der Waals surface area contributed by atoms with Crippen LogP contribution >= 0.6 is 15.9 Å². The topological polar surface area (TPSA) is 53.5 Å². The van der Waals surface area contributed by atoms with Crippen LogP contribution in [0.4, 0.5) is 5.69 Å². The number of fused-ring (bicyclic) bond motifs is 3. The first-order valence-corrected chi connectivity index (χ1v) is 10.6. The van der Waals surface area contributed by atoms with Crippen LogP contribution in [0.1, 0.15) is 41.9 Å². The fourth-order valence-corrected chi connectivity index (χ4v) is 4.76. The van der Waals surface area contributed by atoms with Gasteiger partial charge in [-0.1, -0.05) is 46.6 Å². The van der Waals surface area contributed by atoms with Crippen LogP contribution < -0.4 is 10.6 Å². The number of benzene rings is 2. The molecule has 1 aliphatic heterocycles. The Labute approximate surface area is 169 Å². The third-order valence-electron chi connectivity index (χ3n) is 5.73. The number of anilines is 1. The number of aliphatic hydroxyl groups is 1. The highest BCUT2D eigenvalue weighted by Gasteiger charge is 2.39. The van der Waals surface area contributed by atoms with Gasteiger partial charge in [-0.25, -0.2) is 0 Å². The van der Waals surface area contributed by atoms with Gasteiger partial charge in [0.25, 0.3) is 0 Å². The smallest absolute Gasteiger partial charge is 0.0718 e. The summed E-state index contributed by atoms with van der Waals surface area (Å²) in [5.41, 5.74) is 5.20. The molecule has 1 saturated carbocycles. The van der Waals surface area contributed by atoms with Gasteiger partial charge in [-0.15, -0.1) is 0 Å². The van der Waals surface area contributed by atoms with Gasteiger partial charge in [-0.05, 0) is 47.7 Å². The number of ether oxygens (including phenoxy) is 1. The van der Waals surface area contributed by atoms with E-state index in [0.717, 1.165) is 12.1 Å². The highest BCUT2D eigenvalue weighted by Crippen LogP contribution is 2.44. The van der Waals surface area contributed by atoms with Crippen LogP contribution in [-0.2, 0) is 17.9 Å². The normalized spacial score (nSPS) is 23.6. The van der Waals surface area contributed by atoms with Crippen molar-refractivity contribution < 1.29 is 9.84 Å². The molecular weight excluding hydrogens is 404 g/mol. The summed E-state index contributed by atoms with van der Waals surface area (Å²) in [4.78, 5) is 0. The SMILES string of the molecule is OCCOCc1ccc(CN[C@@H]2CCCC3c4cc(Br)ccc4NC32)cc1. The zero-order chi connectivity index (χ0) is 18.6. The average molecular weight is 431 g/mol. The molecule has 0 saturated heterocycles. The molecule has 0 aromatic heterocycles. The first-order chi connectivity index (χ1) is 13.2. The molecule has 3 atom stereocenters. The van der Waals surface area contributed by atoms with Crippen molar-refractivity contribution in [1.82, 2.24) is 5.32 Å². The minimum absolute atomic E-state index is 0.0699. The van der Waals surface area contributed by atoms with E-state index in [-0.39, 0.29) is 6.61 Å². The molecule has 1 heterocycles. The Morgan fingerprint density at radius 2 is 1.93 bits per heavy atom. The van der Waals surface area contributed by atoms with Crippen LogP contribution in [0.3, 0.4) is 0 Å². The number of nitrogens with one attached hydrogen (secondary N) is 2. The van der Waals surface area contributed by atoms with Gasteiger partial charge in [0.1, 0.15) is 0 Å². The minimum atomic E-state index is 0.0699. The first kappa shape index (κ1) is 18.9. The third-order valence-corrected chi connectivity index (χ3v) is 6.22. The molecule has 0 amide bonds. The van der Waals surface area contributed by atoms with E-state index in [2.05, 4.69) is 69.0 Å². The molecule has 1 aliphatic carbocycles. The summed E-state index contributed by atoms with van der Waals surface area (Å²) in [6.07, 6.45) is 3.76. The molecule has 0 radical (unpaired) electrons. The van der Waals surface area contributed by atoms with Crippen LogP contribution in [0.5, 0.6) is 0 Å². The van der Waals surface area contributed by atoms with Gasteiger partial charge < -0.3 is 20.5 Å². The lowest BCUT2D eigenvalue weighted by atomic mass is 9.79.